The molecule has 3 aromatic heterocycles. The SMILES string of the molecule is [2H]c1cc([2H])c2c(c1[2H])c1c([2H])c([2H])c([2H])c([2H])c1n2-c1ccccc1-c1nc(-c2ccc(-c3ccc(-c4ccccc4)cc3)cc2)nc(-c2cccc(-c3cccc4c3oc3ccc(-c5ccccc5)cc34)c2)n1. The van der Waals surface area contributed by atoms with Gasteiger partial charge in [0.05, 0.1) is 26.3 Å². The van der Waals surface area contributed by atoms with E-state index in [-0.39, 0.29) is 57.8 Å². The molecule has 3 heterocycles. The fourth-order valence-corrected chi connectivity index (χ4v) is 9.28. The van der Waals surface area contributed by atoms with Crippen LogP contribution in [0.5, 0.6) is 0 Å². The summed E-state index contributed by atoms with van der Waals surface area (Å²) in [5, 5.41) is 2.15. The normalized spacial score (nSPS) is 13.0. The van der Waals surface area contributed by atoms with Crippen LogP contribution in [0.15, 0.2) is 247 Å². The molecule has 0 aliphatic carbocycles. The summed E-state index contributed by atoms with van der Waals surface area (Å²) < 4.78 is 70.7. The number of furan rings is 1. The third-order valence-electron chi connectivity index (χ3n) is 12.6. The highest BCUT2D eigenvalue weighted by Crippen LogP contribution is 2.40. The van der Waals surface area contributed by atoms with Crippen LogP contribution in [-0.2, 0) is 0 Å². The van der Waals surface area contributed by atoms with Gasteiger partial charge in [-0.1, -0.05) is 200 Å². The molecule has 13 rings (SSSR count). The number of fused-ring (bicyclic) bond motifs is 6. The second-order valence-electron chi connectivity index (χ2n) is 16.6. The highest BCUT2D eigenvalue weighted by Gasteiger charge is 2.20. The van der Waals surface area contributed by atoms with Crippen LogP contribution >= 0.6 is 0 Å². The summed E-state index contributed by atoms with van der Waals surface area (Å²) in [5.74, 6) is 1.01. The van der Waals surface area contributed by atoms with Crippen molar-refractivity contribution in [3.05, 3.63) is 242 Å². The first kappa shape index (κ1) is 32.5. The van der Waals surface area contributed by atoms with Crippen molar-refractivity contribution >= 4 is 43.7 Å². The van der Waals surface area contributed by atoms with Crippen molar-refractivity contribution in [3.8, 4) is 84.4 Å². The van der Waals surface area contributed by atoms with Crippen LogP contribution in [0.1, 0.15) is 9.60 Å². The summed E-state index contributed by atoms with van der Waals surface area (Å²) in [5.41, 5.74) is 12.4. The van der Waals surface area contributed by atoms with E-state index in [0.29, 0.717) is 28.5 Å². The summed E-state index contributed by atoms with van der Waals surface area (Å²) in [4.78, 5) is 15.5. The average molecular weight is 876 g/mol. The monoisotopic (exact) mass is 875 g/mol. The van der Waals surface area contributed by atoms with Gasteiger partial charge in [0, 0.05) is 43.8 Å². The van der Waals surface area contributed by atoms with Gasteiger partial charge >= 0.3 is 0 Å². The maximum absolute atomic E-state index is 9.23. The van der Waals surface area contributed by atoms with Gasteiger partial charge in [-0.25, -0.2) is 15.0 Å². The van der Waals surface area contributed by atoms with Crippen LogP contribution in [0.2, 0.25) is 0 Å². The van der Waals surface area contributed by atoms with Gasteiger partial charge < -0.3 is 8.98 Å². The fraction of sp³-hybridized carbons (Fsp3) is 0. The Morgan fingerprint density at radius 3 is 1.62 bits per heavy atom. The predicted octanol–water partition coefficient (Wildman–Crippen LogP) is 16.5. The molecule has 0 spiro atoms. The average Bonchev–Trinajstić information content (AvgIpc) is 4.13. The van der Waals surface area contributed by atoms with E-state index in [1.165, 1.54) is 6.07 Å². The van der Waals surface area contributed by atoms with E-state index in [9.17, 15) is 2.74 Å². The molecule has 0 atom stereocenters. The Morgan fingerprint density at radius 1 is 0.338 bits per heavy atom. The molecule has 0 amide bonds. The van der Waals surface area contributed by atoms with E-state index in [1.54, 1.807) is 16.7 Å². The molecule has 0 aliphatic heterocycles. The number of hydrogen-bond donors (Lipinski definition) is 0. The number of aromatic nitrogens is 4. The largest absolute Gasteiger partial charge is 0.455 e. The molecule has 10 aromatic carbocycles. The van der Waals surface area contributed by atoms with Crippen LogP contribution in [0, 0.1) is 0 Å². The lowest BCUT2D eigenvalue weighted by atomic mass is 9.99. The zero-order valence-corrected chi connectivity index (χ0v) is 36.2. The molecular formula is C63H40N4O. The summed E-state index contributed by atoms with van der Waals surface area (Å²) >= 11 is 0. The fourth-order valence-electron chi connectivity index (χ4n) is 9.28. The first-order valence-corrected chi connectivity index (χ1v) is 22.3. The number of hydrogen-bond acceptors (Lipinski definition) is 4. The minimum atomic E-state index is -0.473. The second kappa shape index (κ2) is 16.4. The van der Waals surface area contributed by atoms with E-state index in [1.807, 2.05) is 115 Å². The van der Waals surface area contributed by atoms with Gasteiger partial charge in [0.2, 0.25) is 0 Å². The lowest BCUT2D eigenvalue weighted by Gasteiger charge is -2.15. The van der Waals surface area contributed by atoms with E-state index in [4.69, 9.17) is 26.2 Å². The van der Waals surface area contributed by atoms with Gasteiger partial charge in [0.15, 0.2) is 17.5 Å². The quantitative estimate of drug-likeness (QED) is 0.153. The molecule has 0 unspecified atom stereocenters. The lowest BCUT2D eigenvalue weighted by Crippen LogP contribution is -2.03. The summed E-state index contributed by atoms with van der Waals surface area (Å²) in [6.07, 6.45) is 0. The topological polar surface area (TPSA) is 56.7 Å². The second-order valence-corrected chi connectivity index (χ2v) is 16.6. The van der Waals surface area contributed by atoms with E-state index in [2.05, 4.69) is 66.7 Å². The van der Waals surface area contributed by atoms with E-state index >= 15 is 0 Å². The third-order valence-corrected chi connectivity index (χ3v) is 12.6. The van der Waals surface area contributed by atoms with Crippen LogP contribution in [0.3, 0.4) is 0 Å². The molecule has 0 bridgehead atoms. The maximum Gasteiger partial charge on any atom is 0.166 e. The summed E-state index contributed by atoms with van der Waals surface area (Å²) in [6, 6.07) is 63.8. The van der Waals surface area contributed by atoms with E-state index in [0.717, 1.165) is 72.0 Å². The van der Waals surface area contributed by atoms with Crippen molar-refractivity contribution in [2.45, 2.75) is 0 Å². The van der Waals surface area contributed by atoms with E-state index < -0.39 is 12.1 Å². The zero-order valence-electron chi connectivity index (χ0n) is 43.2. The number of benzene rings is 10. The summed E-state index contributed by atoms with van der Waals surface area (Å²) in [6.45, 7) is 0. The van der Waals surface area contributed by atoms with Crippen molar-refractivity contribution in [2.75, 3.05) is 0 Å². The van der Waals surface area contributed by atoms with Gasteiger partial charge in [-0.2, -0.15) is 0 Å². The first-order chi connectivity index (χ1) is 36.6. The Morgan fingerprint density at radius 2 is 0.868 bits per heavy atom. The van der Waals surface area contributed by atoms with Gasteiger partial charge in [0.1, 0.15) is 11.2 Å². The molecule has 0 N–H and O–H groups in total. The van der Waals surface area contributed by atoms with Gasteiger partial charge in [0.25, 0.3) is 0 Å². The minimum absolute atomic E-state index is 0.0538. The molecule has 5 nitrogen and oxygen atoms in total. The maximum atomic E-state index is 9.23. The first-order valence-electron chi connectivity index (χ1n) is 25.8. The van der Waals surface area contributed by atoms with Crippen LogP contribution in [0.4, 0.5) is 0 Å². The Balaban J connectivity index is 0.985. The Hall–Kier alpha value is -9.19. The van der Waals surface area contributed by atoms with Crippen LogP contribution < -0.4 is 0 Å². The molecule has 0 fully saturated rings. The van der Waals surface area contributed by atoms with Gasteiger partial charge in [-0.3, -0.25) is 0 Å². The van der Waals surface area contributed by atoms with Crippen LogP contribution in [-0.4, -0.2) is 19.5 Å². The smallest absolute Gasteiger partial charge is 0.166 e. The molecule has 318 valence electrons. The zero-order chi connectivity index (χ0) is 51.1. The Kier molecular flexibility index (Phi) is 7.81. The molecule has 13 aromatic rings. The molecule has 68 heavy (non-hydrogen) atoms. The van der Waals surface area contributed by atoms with Crippen molar-refractivity contribution in [1.82, 2.24) is 19.5 Å². The van der Waals surface area contributed by atoms with Crippen molar-refractivity contribution in [2.24, 2.45) is 0 Å². The minimum Gasteiger partial charge on any atom is -0.455 e. The van der Waals surface area contributed by atoms with Crippen LogP contribution in [0.25, 0.3) is 128 Å². The predicted molar refractivity (Wildman–Crippen MR) is 279 cm³/mol. The molecular weight excluding hydrogens is 829 g/mol. The highest BCUT2D eigenvalue weighted by molar-refractivity contribution is 6.11. The number of nitrogens with zero attached hydrogens (tertiary/aromatic N) is 4. The molecule has 0 saturated carbocycles. The van der Waals surface area contributed by atoms with Crippen molar-refractivity contribution in [1.29, 1.82) is 0 Å². The molecule has 0 saturated heterocycles. The molecule has 0 radical (unpaired) electrons. The highest BCUT2D eigenvalue weighted by atomic mass is 16.3. The van der Waals surface area contributed by atoms with Crippen molar-refractivity contribution < 1.29 is 14.0 Å². The Labute approximate surface area is 402 Å². The standard InChI is InChI=1S/C63H40N4O/c1-3-15-41(16-4-1)43-29-31-44(32-30-43)45-33-35-46(36-34-45)61-64-62(66-63(65-61)54-23-9-12-28-58(54)67-56-26-10-7-21-51(56)52-22-8-11-27-57(52)67)49-20-13-19-48(39-49)50-24-14-25-53-55-40-47(42-17-5-2-6-18-42)37-38-59(55)68-60(50)53/h1-40H/i7D,8D,10D,21D,22D,26D,27D. The number of rotatable bonds is 8. The van der Waals surface area contributed by atoms with Gasteiger partial charge in [-0.15, -0.1) is 0 Å². The molecule has 0 aliphatic rings. The van der Waals surface area contributed by atoms with Crippen molar-refractivity contribution in [3.63, 3.8) is 0 Å². The number of para-hydroxylation sites is 4. The van der Waals surface area contributed by atoms with Gasteiger partial charge in [-0.05, 0) is 81.4 Å². The Bertz CT molecular complexity index is 4420. The molecule has 5 heteroatoms. The summed E-state index contributed by atoms with van der Waals surface area (Å²) in [7, 11) is 0. The third kappa shape index (κ3) is 6.84. The lowest BCUT2D eigenvalue weighted by molar-refractivity contribution is 0.670.